The van der Waals surface area contributed by atoms with Gasteiger partial charge in [0.05, 0.1) is 0 Å². The fourth-order valence-corrected chi connectivity index (χ4v) is 1.84. The largest absolute Gasteiger partial charge is 0.457 e. The average Bonchev–Trinajstić information content (AvgIpc) is 3.35. The Labute approximate surface area is 130 Å². The first-order chi connectivity index (χ1) is 10.7. The third-order valence-electron chi connectivity index (χ3n) is 3.18. The minimum Gasteiger partial charge on any atom is -0.457 e. The lowest BCUT2D eigenvalue weighted by Gasteiger charge is -2.05. The zero-order valence-corrected chi connectivity index (χ0v) is 12.7. The second kappa shape index (κ2) is 8.14. The topological polar surface area (TPSA) is 77.2 Å². The number of ether oxygens (including phenoxy) is 1. The first kappa shape index (κ1) is 16.0. The Morgan fingerprint density at radius 1 is 1.27 bits per heavy atom. The van der Waals surface area contributed by atoms with Crippen LogP contribution in [-0.2, 0) is 0 Å². The number of nitrogens with zero attached hydrogens (tertiary/aromatic N) is 1. The quantitative estimate of drug-likeness (QED) is 0.655. The number of carbonyl (C=O) groups excluding carboxylic acids is 1. The molecule has 0 spiro atoms. The SMILES string of the molecule is CNCC1CC1.Nc1ccc(Oc2ccnc(C=O)c2)cc1. The van der Waals surface area contributed by atoms with Gasteiger partial charge >= 0.3 is 0 Å². The molecule has 5 heteroatoms. The van der Waals surface area contributed by atoms with Crippen LogP contribution in [0, 0.1) is 5.92 Å². The molecule has 0 amide bonds. The van der Waals surface area contributed by atoms with Crippen molar-refractivity contribution in [3.8, 4) is 11.5 Å². The van der Waals surface area contributed by atoms with Gasteiger partial charge in [-0.1, -0.05) is 0 Å². The van der Waals surface area contributed by atoms with Crippen molar-refractivity contribution in [2.45, 2.75) is 12.8 Å². The molecule has 5 nitrogen and oxygen atoms in total. The van der Waals surface area contributed by atoms with Crippen LogP contribution < -0.4 is 15.8 Å². The summed E-state index contributed by atoms with van der Waals surface area (Å²) in [6.45, 7) is 1.24. The molecule has 1 aliphatic rings. The molecule has 3 rings (SSSR count). The maximum Gasteiger partial charge on any atom is 0.168 e. The van der Waals surface area contributed by atoms with E-state index in [0.717, 1.165) is 5.92 Å². The predicted octanol–water partition coefficient (Wildman–Crippen LogP) is 2.88. The first-order valence-electron chi connectivity index (χ1n) is 7.30. The Bertz CT molecular complexity index is 595. The van der Waals surface area contributed by atoms with Gasteiger partial charge in [0.15, 0.2) is 6.29 Å². The van der Waals surface area contributed by atoms with E-state index >= 15 is 0 Å². The highest BCUT2D eigenvalue weighted by Gasteiger charge is 2.19. The molecule has 22 heavy (non-hydrogen) atoms. The normalized spacial score (nSPS) is 13.0. The summed E-state index contributed by atoms with van der Waals surface area (Å²) in [7, 11) is 2.01. The predicted molar refractivity (Wildman–Crippen MR) is 87.2 cm³/mol. The molecule has 1 heterocycles. The highest BCUT2D eigenvalue weighted by Crippen LogP contribution is 2.27. The zero-order valence-electron chi connectivity index (χ0n) is 12.7. The van der Waals surface area contributed by atoms with E-state index in [-0.39, 0.29) is 0 Å². The number of carbonyl (C=O) groups is 1. The number of nitrogen functional groups attached to an aromatic ring is 1. The smallest absolute Gasteiger partial charge is 0.168 e. The van der Waals surface area contributed by atoms with Gasteiger partial charge in [0.2, 0.25) is 0 Å². The van der Waals surface area contributed by atoms with Crippen molar-refractivity contribution in [3.63, 3.8) is 0 Å². The second-order valence-electron chi connectivity index (χ2n) is 5.21. The monoisotopic (exact) mass is 299 g/mol. The number of nitrogens with one attached hydrogen (secondary N) is 1. The molecule has 0 radical (unpaired) electrons. The van der Waals surface area contributed by atoms with Crippen LogP contribution in [-0.4, -0.2) is 24.9 Å². The van der Waals surface area contributed by atoms with Crippen LogP contribution in [0.1, 0.15) is 23.3 Å². The summed E-state index contributed by atoms with van der Waals surface area (Å²) in [5, 5.41) is 3.13. The van der Waals surface area contributed by atoms with Crippen molar-refractivity contribution in [2.24, 2.45) is 5.92 Å². The molecule has 0 unspecified atom stereocenters. The lowest BCUT2D eigenvalue weighted by Crippen LogP contribution is -2.08. The molecule has 0 aliphatic heterocycles. The summed E-state index contributed by atoms with van der Waals surface area (Å²) in [4.78, 5) is 14.4. The highest BCUT2D eigenvalue weighted by atomic mass is 16.5. The van der Waals surface area contributed by atoms with Crippen molar-refractivity contribution >= 4 is 12.0 Å². The minimum atomic E-state index is 0.341. The summed E-state index contributed by atoms with van der Waals surface area (Å²) in [5.41, 5.74) is 6.57. The summed E-state index contributed by atoms with van der Waals surface area (Å²) in [5.74, 6) is 2.27. The van der Waals surface area contributed by atoms with Gasteiger partial charge in [0.25, 0.3) is 0 Å². The Balaban J connectivity index is 0.000000246. The van der Waals surface area contributed by atoms with Gasteiger partial charge in [-0.3, -0.25) is 9.78 Å². The molecule has 0 bridgehead atoms. The maximum atomic E-state index is 10.5. The number of rotatable bonds is 5. The number of aromatic nitrogens is 1. The summed E-state index contributed by atoms with van der Waals surface area (Å²) >= 11 is 0. The van der Waals surface area contributed by atoms with E-state index < -0.39 is 0 Å². The maximum absolute atomic E-state index is 10.5. The Hall–Kier alpha value is -2.40. The number of benzene rings is 1. The Morgan fingerprint density at radius 3 is 2.55 bits per heavy atom. The number of anilines is 1. The van der Waals surface area contributed by atoms with E-state index in [9.17, 15) is 4.79 Å². The van der Waals surface area contributed by atoms with E-state index in [2.05, 4.69) is 10.3 Å². The van der Waals surface area contributed by atoms with Gasteiger partial charge in [-0.25, -0.2) is 0 Å². The minimum absolute atomic E-state index is 0.341. The van der Waals surface area contributed by atoms with Crippen LogP contribution >= 0.6 is 0 Å². The molecule has 1 fully saturated rings. The molecular weight excluding hydrogens is 278 g/mol. The molecule has 1 aliphatic carbocycles. The fraction of sp³-hybridized carbons (Fsp3) is 0.294. The summed E-state index contributed by atoms with van der Waals surface area (Å²) in [6.07, 6.45) is 5.12. The number of nitrogens with two attached hydrogens (primary N) is 1. The van der Waals surface area contributed by atoms with Crippen molar-refractivity contribution < 1.29 is 9.53 Å². The van der Waals surface area contributed by atoms with Crippen LogP contribution in [0.25, 0.3) is 0 Å². The summed E-state index contributed by atoms with van der Waals surface area (Å²) in [6, 6.07) is 10.3. The van der Waals surface area contributed by atoms with E-state index in [0.29, 0.717) is 29.2 Å². The van der Waals surface area contributed by atoms with Crippen molar-refractivity contribution in [1.29, 1.82) is 0 Å². The van der Waals surface area contributed by atoms with E-state index in [4.69, 9.17) is 10.5 Å². The van der Waals surface area contributed by atoms with Crippen molar-refractivity contribution in [1.82, 2.24) is 10.3 Å². The molecule has 2 aromatic rings. The number of pyridine rings is 1. The van der Waals surface area contributed by atoms with Gasteiger partial charge in [-0.2, -0.15) is 0 Å². The van der Waals surface area contributed by atoms with Crippen LogP contribution in [0.2, 0.25) is 0 Å². The van der Waals surface area contributed by atoms with Crippen molar-refractivity contribution in [2.75, 3.05) is 19.3 Å². The van der Waals surface area contributed by atoms with Gasteiger partial charge in [0.1, 0.15) is 17.2 Å². The molecule has 1 aromatic heterocycles. The standard InChI is InChI=1S/C12H10N2O2.C5H11N/c13-9-1-3-11(4-2-9)16-12-5-6-14-10(7-12)8-15;1-6-4-5-2-3-5/h1-8H,13H2;5-6H,2-4H2,1H3. The molecule has 1 aromatic carbocycles. The number of hydrogen-bond donors (Lipinski definition) is 2. The molecule has 116 valence electrons. The van der Waals surface area contributed by atoms with Crippen LogP contribution in [0.3, 0.4) is 0 Å². The Kier molecular flexibility index (Phi) is 5.91. The summed E-state index contributed by atoms with van der Waals surface area (Å²) < 4.78 is 5.52. The highest BCUT2D eigenvalue weighted by molar-refractivity contribution is 5.72. The zero-order chi connectivity index (χ0) is 15.8. The van der Waals surface area contributed by atoms with E-state index in [1.807, 2.05) is 7.05 Å². The van der Waals surface area contributed by atoms with E-state index in [1.54, 1.807) is 36.4 Å². The third kappa shape index (κ3) is 5.54. The molecule has 0 saturated heterocycles. The van der Waals surface area contributed by atoms with Gasteiger partial charge in [-0.15, -0.1) is 0 Å². The molecule has 1 saturated carbocycles. The van der Waals surface area contributed by atoms with Crippen LogP contribution in [0.15, 0.2) is 42.6 Å². The number of aldehydes is 1. The van der Waals surface area contributed by atoms with Gasteiger partial charge in [-0.05, 0) is 62.7 Å². The lowest BCUT2D eigenvalue weighted by atomic mass is 10.3. The van der Waals surface area contributed by atoms with E-state index in [1.165, 1.54) is 25.6 Å². The second-order valence-corrected chi connectivity index (χ2v) is 5.21. The van der Waals surface area contributed by atoms with Crippen molar-refractivity contribution in [3.05, 3.63) is 48.3 Å². The molecular formula is C17H21N3O2. The molecule has 0 atom stereocenters. The van der Waals surface area contributed by atoms with Gasteiger partial charge in [0, 0.05) is 18.0 Å². The first-order valence-corrected chi connectivity index (χ1v) is 7.30. The third-order valence-corrected chi connectivity index (χ3v) is 3.18. The lowest BCUT2D eigenvalue weighted by molar-refractivity contribution is 0.111. The van der Waals surface area contributed by atoms with Crippen LogP contribution in [0.4, 0.5) is 5.69 Å². The van der Waals surface area contributed by atoms with Crippen LogP contribution in [0.5, 0.6) is 11.5 Å². The number of hydrogen-bond acceptors (Lipinski definition) is 5. The van der Waals surface area contributed by atoms with Gasteiger partial charge < -0.3 is 15.8 Å². The fourth-order valence-electron chi connectivity index (χ4n) is 1.84. The average molecular weight is 299 g/mol. The Morgan fingerprint density at radius 2 is 2.00 bits per heavy atom. The molecule has 3 N–H and O–H groups in total.